The molecule has 2 aromatic rings. The maximum atomic E-state index is 4.93. The quantitative estimate of drug-likeness (QED) is 0.543. The Hall–Kier alpha value is -0.0969. The molecule has 3 heteroatoms. The molecule has 1 aliphatic carbocycles. The number of hydrogen-bond donors (Lipinski definition) is 0. The molecule has 0 fully saturated rings. The standard InChI is InChI=1S/C14H12.2ClH.Zr/c1-10-5-4-7-12-9-11-6-2-3-8-13(11)14(10)12;;;/h2-8H,9H2,1H3;2*1H;/q;;;+2/p-2. The average Bonchev–Trinajstić information content (AvgIpc) is 2.69. The van der Waals surface area contributed by atoms with Gasteiger partial charge in [-0.2, -0.15) is 0 Å². The van der Waals surface area contributed by atoms with E-state index in [1.54, 1.807) is 0 Å². The molecule has 0 spiro atoms. The van der Waals surface area contributed by atoms with Gasteiger partial charge in [0.05, 0.1) is 0 Å². The Morgan fingerprint density at radius 2 is 1.59 bits per heavy atom. The van der Waals surface area contributed by atoms with E-state index in [1.165, 1.54) is 27.8 Å². The van der Waals surface area contributed by atoms with Crippen LogP contribution in [0.3, 0.4) is 0 Å². The fourth-order valence-corrected chi connectivity index (χ4v) is 2.38. The summed E-state index contributed by atoms with van der Waals surface area (Å²) in [6.45, 7) is 2.20. The first-order chi connectivity index (χ1) is 8.27. The number of halogens is 2. The Bertz CT molecular complexity index is 523. The fourth-order valence-electron chi connectivity index (χ4n) is 2.38. The van der Waals surface area contributed by atoms with E-state index in [2.05, 4.69) is 49.4 Å². The second-order valence-electron chi connectivity index (χ2n) is 4.01. The zero-order valence-electron chi connectivity index (χ0n) is 9.50. The van der Waals surface area contributed by atoms with E-state index in [9.17, 15) is 0 Å². The Labute approximate surface area is 121 Å². The summed E-state index contributed by atoms with van der Waals surface area (Å²) in [4.78, 5) is 0. The summed E-state index contributed by atoms with van der Waals surface area (Å²) >= 11 is -0.826. The summed E-state index contributed by atoms with van der Waals surface area (Å²) in [7, 11) is 9.87. The van der Waals surface area contributed by atoms with Crippen molar-refractivity contribution in [2.45, 2.75) is 13.3 Å². The van der Waals surface area contributed by atoms with Crippen LogP contribution in [0, 0.1) is 6.92 Å². The van der Waals surface area contributed by atoms with Crippen molar-refractivity contribution in [1.82, 2.24) is 0 Å². The van der Waals surface area contributed by atoms with Crippen LogP contribution in [0.25, 0.3) is 11.1 Å². The van der Waals surface area contributed by atoms with Crippen molar-refractivity contribution in [3.63, 3.8) is 0 Å². The molecular formula is C14H12Cl2Zr. The van der Waals surface area contributed by atoms with Crippen molar-refractivity contribution in [2.24, 2.45) is 0 Å². The third-order valence-electron chi connectivity index (χ3n) is 3.03. The third-order valence-corrected chi connectivity index (χ3v) is 3.03. The Morgan fingerprint density at radius 3 is 2.35 bits per heavy atom. The van der Waals surface area contributed by atoms with Crippen molar-refractivity contribution < 1.29 is 20.8 Å². The van der Waals surface area contributed by atoms with Gasteiger partial charge in [-0.05, 0) is 41.2 Å². The summed E-state index contributed by atoms with van der Waals surface area (Å²) < 4.78 is 0. The first kappa shape index (κ1) is 13.3. The van der Waals surface area contributed by atoms with Crippen molar-refractivity contribution in [3.05, 3.63) is 59.2 Å². The minimum absolute atomic E-state index is 0.826. The molecule has 2 aromatic carbocycles. The van der Waals surface area contributed by atoms with Gasteiger partial charge in [-0.1, -0.05) is 42.5 Å². The van der Waals surface area contributed by atoms with Gasteiger partial charge in [-0.25, -0.2) is 0 Å². The van der Waals surface area contributed by atoms with Crippen LogP contribution in [0.5, 0.6) is 0 Å². The van der Waals surface area contributed by atoms with Gasteiger partial charge >= 0.3 is 37.9 Å². The Kier molecular flexibility index (Phi) is 4.85. The topological polar surface area (TPSA) is 0 Å². The predicted molar refractivity (Wildman–Crippen MR) is 71.1 cm³/mol. The van der Waals surface area contributed by atoms with Crippen molar-refractivity contribution >= 4 is 17.0 Å². The van der Waals surface area contributed by atoms with Crippen LogP contribution in [0.2, 0.25) is 0 Å². The molecule has 0 aliphatic heterocycles. The van der Waals surface area contributed by atoms with Gasteiger partial charge < -0.3 is 0 Å². The number of hydrogen-bond acceptors (Lipinski definition) is 0. The van der Waals surface area contributed by atoms with E-state index in [4.69, 9.17) is 17.0 Å². The van der Waals surface area contributed by atoms with E-state index >= 15 is 0 Å². The SMILES string of the molecule is Cc1cccc2c1-c1ccccc1C2.[Cl][Zr][Cl]. The molecule has 0 bridgehead atoms. The number of fused-ring (bicyclic) bond motifs is 3. The monoisotopic (exact) mass is 340 g/mol. The molecule has 0 atom stereocenters. The van der Waals surface area contributed by atoms with E-state index in [0.29, 0.717) is 0 Å². The van der Waals surface area contributed by atoms with Crippen LogP contribution in [0.1, 0.15) is 16.7 Å². The van der Waals surface area contributed by atoms with Crippen LogP contribution in [0.4, 0.5) is 0 Å². The molecule has 0 saturated heterocycles. The molecule has 0 N–H and O–H groups in total. The van der Waals surface area contributed by atoms with Gasteiger partial charge in [-0.15, -0.1) is 0 Å². The van der Waals surface area contributed by atoms with Gasteiger partial charge in [0.25, 0.3) is 0 Å². The minimum atomic E-state index is -0.826. The van der Waals surface area contributed by atoms with Gasteiger partial charge in [-0.3, -0.25) is 0 Å². The van der Waals surface area contributed by atoms with Crippen LogP contribution < -0.4 is 0 Å². The van der Waals surface area contributed by atoms with Gasteiger partial charge in [0.1, 0.15) is 0 Å². The zero-order valence-corrected chi connectivity index (χ0v) is 13.5. The van der Waals surface area contributed by atoms with Crippen molar-refractivity contribution in [1.29, 1.82) is 0 Å². The average molecular weight is 342 g/mol. The molecule has 1 aliphatic rings. The summed E-state index contributed by atoms with van der Waals surface area (Å²) in [6, 6.07) is 15.3. The normalized spacial score (nSPS) is 11.0. The van der Waals surface area contributed by atoms with Crippen molar-refractivity contribution in [3.8, 4) is 11.1 Å². The summed E-state index contributed by atoms with van der Waals surface area (Å²) in [6.07, 6.45) is 1.10. The molecule has 0 heterocycles. The summed E-state index contributed by atoms with van der Waals surface area (Å²) in [5.74, 6) is 0. The Balaban J connectivity index is 0.000000329. The molecule has 86 valence electrons. The first-order valence-corrected chi connectivity index (χ1v) is 11.7. The Morgan fingerprint density at radius 1 is 0.941 bits per heavy atom. The second-order valence-corrected chi connectivity index (χ2v) is 7.75. The third kappa shape index (κ3) is 2.84. The predicted octanol–water partition coefficient (Wildman–Crippen LogP) is 4.94. The number of aryl methyl sites for hydroxylation is 1. The molecule has 0 saturated carbocycles. The molecule has 0 aromatic heterocycles. The fraction of sp³-hybridized carbons (Fsp3) is 0.143. The zero-order chi connectivity index (χ0) is 12.3. The molecule has 0 unspecified atom stereocenters. The van der Waals surface area contributed by atoms with E-state index < -0.39 is 20.8 Å². The van der Waals surface area contributed by atoms with Crippen LogP contribution >= 0.6 is 17.0 Å². The molecule has 0 amide bonds. The molecule has 0 nitrogen and oxygen atoms in total. The van der Waals surface area contributed by atoms with Crippen LogP contribution in [-0.4, -0.2) is 0 Å². The number of benzene rings is 2. The van der Waals surface area contributed by atoms with Crippen LogP contribution in [-0.2, 0) is 27.3 Å². The first-order valence-electron chi connectivity index (χ1n) is 5.41. The van der Waals surface area contributed by atoms with E-state index in [0.717, 1.165) is 6.42 Å². The van der Waals surface area contributed by atoms with Gasteiger partial charge in [0.15, 0.2) is 0 Å². The maximum absolute atomic E-state index is 4.93. The van der Waals surface area contributed by atoms with E-state index in [-0.39, 0.29) is 0 Å². The molecular weight excluding hydrogens is 330 g/mol. The molecule has 17 heavy (non-hydrogen) atoms. The molecule has 3 rings (SSSR count). The number of rotatable bonds is 0. The second kappa shape index (κ2) is 6.18. The van der Waals surface area contributed by atoms with E-state index in [1.807, 2.05) is 0 Å². The van der Waals surface area contributed by atoms with Crippen LogP contribution in [0.15, 0.2) is 42.5 Å². The van der Waals surface area contributed by atoms with Gasteiger partial charge in [0, 0.05) is 0 Å². The summed E-state index contributed by atoms with van der Waals surface area (Å²) in [5.41, 5.74) is 7.24. The summed E-state index contributed by atoms with van der Waals surface area (Å²) in [5, 5.41) is 0. The van der Waals surface area contributed by atoms with Crippen molar-refractivity contribution in [2.75, 3.05) is 0 Å². The molecule has 0 radical (unpaired) electrons. The van der Waals surface area contributed by atoms with Gasteiger partial charge in [0.2, 0.25) is 0 Å².